The lowest BCUT2D eigenvalue weighted by Gasteiger charge is -2.07. The van der Waals surface area contributed by atoms with Gasteiger partial charge >= 0.3 is 11.7 Å². The molecule has 0 fully saturated rings. The summed E-state index contributed by atoms with van der Waals surface area (Å²) in [6, 6.07) is 14.6. The second-order valence-corrected chi connectivity index (χ2v) is 6.68. The van der Waals surface area contributed by atoms with E-state index in [-0.39, 0.29) is 23.1 Å². The van der Waals surface area contributed by atoms with Crippen LogP contribution in [0.5, 0.6) is 11.5 Å². The second kappa shape index (κ2) is 8.67. The largest absolute Gasteiger partial charge is 0.450 e. The molecule has 164 valence electrons. The molecule has 0 N–H and O–H groups in total. The van der Waals surface area contributed by atoms with E-state index in [2.05, 4.69) is 4.99 Å². The number of aliphatic imine (C=N–C) groups is 1. The molecule has 1 aliphatic rings. The molecule has 10 nitrogen and oxygen atoms in total. The van der Waals surface area contributed by atoms with Crippen LogP contribution in [0.3, 0.4) is 0 Å². The standard InChI is InChI=1S/C22H12FN3O7/c23-15-6-4-14(5-7-15)21-24-18(22(27)33-21)11-13-2-1-3-17(10-13)32-20-9-8-16(25(28)29)12-19(20)26(30)31/h1-12H/b18-11+. The Balaban J connectivity index is 1.61. The average Bonchev–Trinajstić information content (AvgIpc) is 3.14. The first-order chi connectivity index (χ1) is 15.8. The molecule has 0 saturated heterocycles. The first kappa shape index (κ1) is 21.3. The van der Waals surface area contributed by atoms with Crippen molar-refractivity contribution in [2.24, 2.45) is 4.99 Å². The van der Waals surface area contributed by atoms with Crippen molar-refractivity contribution in [2.45, 2.75) is 0 Å². The molecule has 0 aromatic heterocycles. The normalized spacial score (nSPS) is 14.0. The summed E-state index contributed by atoms with van der Waals surface area (Å²) in [7, 11) is 0. The molecule has 11 heteroatoms. The van der Waals surface area contributed by atoms with Crippen molar-refractivity contribution < 1.29 is 28.5 Å². The number of rotatable bonds is 6. The van der Waals surface area contributed by atoms with Gasteiger partial charge in [0.05, 0.1) is 15.9 Å². The van der Waals surface area contributed by atoms with Gasteiger partial charge < -0.3 is 9.47 Å². The zero-order chi connectivity index (χ0) is 23.5. The maximum atomic E-state index is 13.1. The van der Waals surface area contributed by atoms with Crippen LogP contribution in [0.1, 0.15) is 11.1 Å². The number of esters is 1. The summed E-state index contributed by atoms with van der Waals surface area (Å²) < 4.78 is 23.8. The van der Waals surface area contributed by atoms with Crippen LogP contribution in [-0.2, 0) is 9.53 Å². The summed E-state index contributed by atoms with van der Waals surface area (Å²) in [5.74, 6) is -1.11. The lowest BCUT2D eigenvalue weighted by Crippen LogP contribution is -2.05. The second-order valence-electron chi connectivity index (χ2n) is 6.68. The minimum atomic E-state index is -0.783. The molecule has 33 heavy (non-hydrogen) atoms. The number of carbonyl (C=O) groups is 1. The minimum absolute atomic E-state index is 0.00667. The monoisotopic (exact) mass is 449 g/mol. The Hall–Kier alpha value is -4.93. The zero-order valence-electron chi connectivity index (χ0n) is 16.5. The number of cyclic esters (lactones) is 1. The summed E-state index contributed by atoms with van der Waals surface area (Å²) >= 11 is 0. The van der Waals surface area contributed by atoms with Gasteiger partial charge in [-0.25, -0.2) is 14.2 Å². The van der Waals surface area contributed by atoms with Crippen LogP contribution >= 0.6 is 0 Å². The van der Waals surface area contributed by atoms with Crippen LogP contribution in [0.4, 0.5) is 15.8 Å². The first-order valence-electron chi connectivity index (χ1n) is 9.29. The van der Waals surface area contributed by atoms with Crippen molar-refractivity contribution in [1.82, 2.24) is 0 Å². The maximum absolute atomic E-state index is 13.1. The fourth-order valence-corrected chi connectivity index (χ4v) is 2.93. The van der Waals surface area contributed by atoms with Crippen molar-refractivity contribution >= 4 is 29.3 Å². The number of non-ortho nitro benzene ring substituents is 1. The maximum Gasteiger partial charge on any atom is 0.363 e. The number of halogens is 1. The van der Waals surface area contributed by atoms with Crippen LogP contribution in [-0.4, -0.2) is 21.7 Å². The number of nitrogens with zero attached hydrogens (tertiary/aromatic N) is 3. The highest BCUT2D eigenvalue weighted by Gasteiger charge is 2.24. The molecule has 1 heterocycles. The van der Waals surface area contributed by atoms with Gasteiger partial charge in [-0.1, -0.05) is 12.1 Å². The molecule has 0 saturated carbocycles. The van der Waals surface area contributed by atoms with Crippen LogP contribution in [0, 0.1) is 26.0 Å². The van der Waals surface area contributed by atoms with Gasteiger partial charge in [0.2, 0.25) is 11.6 Å². The van der Waals surface area contributed by atoms with E-state index in [1.54, 1.807) is 12.1 Å². The molecule has 0 atom stereocenters. The summed E-state index contributed by atoms with van der Waals surface area (Å²) in [6.07, 6.45) is 1.43. The van der Waals surface area contributed by atoms with Gasteiger partial charge in [-0.05, 0) is 54.1 Å². The van der Waals surface area contributed by atoms with Crippen LogP contribution in [0.25, 0.3) is 6.08 Å². The molecule has 0 radical (unpaired) electrons. The van der Waals surface area contributed by atoms with E-state index >= 15 is 0 Å². The number of nitro groups is 2. The van der Waals surface area contributed by atoms with Gasteiger partial charge in [-0.15, -0.1) is 0 Å². The van der Waals surface area contributed by atoms with Gasteiger partial charge in [0.1, 0.15) is 11.6 Å². The van der Waals surface area contributed by atoms with Gasteiger partial charge in [-0.2, -0.15) is 0 Å². The molecule has 0 amide bonds. The lowest BCUT2D eigenvalue weighted by atomic mass is 10.2. The van der Waals surface area contributed by atoms with E-state index in [9.17, 15) is 29.4 Å². The van der Waals surface area contributed by atoms with E-state index in [0.717, 1.165) is 18.2 Å². The Morgan fingerprint density at radius 3 is 2.42 bits per heavy atom. The molecule has 0 aliphatic carbocycles. The molecule has 0 unspecified atom stereocenters. The van der Waals surface area contributed by atoms with Crippen LogP contribution < -0.4 is 4.74 Å². The van der Waals surface area contributed by atoms with Crippen molar-refractivity contribution in [2.75, 3.05) is 0 Å². The molecule has 0 spiro atoms. The van der Waals surface area contributed by atoms with E-state index in [4.69, 9.17) is 9.47 Å². The smallest absolute Gasteiger partial charge is 0.363 e. The third-order valence-electron chi connectivity index (χ3n) is 4.45. The van der Waals surface area contributed by atoms with E-state index in [0.29, 0.717) is 11.1 Å². The Bertz CT molecular complexity index is 1350. The van der Waals surface area contributed by atoms with Crippen molar-refractivity contribution in [3.63, 3.8) is 0 Å². The van der Waals surface area contributed by atoms with Crippen LogP contribution in [0.2, 0.25) is 0 Å². The number of hydrogen-bond acceptors (Lipinski definition) is 8. The Morgan fingerprint density at radius 2 is 1.73 bits per heavy atom. The third kappa shape index (κ3) is 4.71. The summed E-state index contributed by atoms with van der Waals surface area (Å²) in [4.78, 5) is 36.9. The summed E-state index contributed by atoms with van der Waals surface area (Å²) in [5.41, 5.74) is -0.111. The van der Waals surface area contributed by atoms with Crippen molar-refractivity contribution in [3.8, 4) is 11.5 Å². The Kier molecular flexibility index (Phi) is 5.60. The minimum Gasteiger partial charge on any atom is -0.450 e. The van der Waals surface area contributed by atoms with Gasteiger partial charge in [-0.3, -0.25) is 20.2 Å². The predicted molar refractivity (Wildman–Crippen MR) is 113 cm³/mol. The number of benzene rings is 3. The Morgan fingerprint density at radius 1 is 0.970 bits per heavy atom. The number of carbonyl (C=O) groups excluding carboxylic acids is 1. The predicted octanol–water partition coefficient (Wildman–Crippen LogP) is 4.78. The lowest BCUT2D eigenvalue weighted by molar-refractivity contribution is -0.394. The topological polar surface area (TPSA) is 134 Å². The van der Waals surface area contributed by atoms with E-state index in [1.807, 2.05) is 0 Å². The molecular formula is C22H12FN3O7. The van der Waals surface area contributed by atoms with Crippen molar-refractivity contribution in [1.29, 1.82) is 0 Å². The number of ether oxygens (including phenoxy) is 2. The molecule has 3 aromatic rings. The highest BCUT2D eigenvalue weighted by Crippen LogP contribution is 2.34. The van der Waals surface area contributed by atoms with Gasteiger partial charge in [0.15, 0.2) is 5.70 Å². The summed E-state index contributed by atoms with van der Waals surface area (Å²) in [6.45, 7) is 0. The van der Waals surface area contributed by atoms with E-state index < -0.39 is 33.0 Å². The first-order valence-corrected chi connectivity index (χ1v) is 9.29. The highest BCUT2D eigenvalue weighted by atomic mass is 19.1. The molecule has 0 bridgehead atoms. The average molecular weight is 449 g/mol. The highest BCUT2D eigenvalue weighted by molar-refractivity contribution is 6.12. The molecule has 1 aliphatic heterocycles. The Labute approximate surface area is 184 Å². The molecule has 3 aromatic carbocycles. The van der Waals surface area contributed by atoms with Gasteiger partial charge in [0.25, 0.3) is 5.69 Å². The molecule has 4 rings (SSSR count). The SMILES string of the molecule is O=C1OC(c2ccc(F)cc2)=N/C1=C/c1cccc(Oc2ccc([N+](=O)[O-])cc2[N+](=O)[O-])c1. The zero-order valence-corrected chi connectivity index (χ0v) is 16.5. The fraction of sp³-hybridized carbons (Fsp3) is 0. The van der Waals surface area contributed by atoms with Crippen molar-refractivity contribution in [3.05, 3.63) is 110 Å². The molecular weight excluding hydrogens is 437 g/mol. The van der Waals surface area contributed by atoms with Crippen LogP contribution in [0.15, 0.2) is 77.4 Å². The quantitative estimate of drug-likeness (QED) is 0.229. The summed E-state index contributed by atoms with van der Waals surface area (Å²) in [5, 5.41) is 22.2. The number of hydrogen-bond donors (Lipinski definition) is 0. The fourth-order valence-electron chi connectivity index (χ4n) is 2.93. The third-order valence-corrected chi connectivity index (χ3v) is 4.45. The number of nitro benzene ring substituents is 2. The van der Waals surface area contributed by atoms with E-state index in [1.165, 1.54) is 42.5 Å². The van der Waals surface area contributed by atoms with Gasteiger partial charge in [0, 0.05) is 11.6 Å².